The average molecular weight is 191 g/mol. The van der Waals surface area contributed by atoms with E-state index in [0.29, 0.717) is 6.42 Å². The molecule has 13 heavy (non-hydrogen) atoms. The molecule has 1 aliphatic heterocycles. The van der Waals surface area contributed by atoms with Crippen LogP contribution in [0.3, 0.4) is 0 Å². The Bertz CT molecular complexity index is 186. The molecule has 1 heterocycles. The topological polar surface area (TPSA) is 81.8 Å². The lowest BCUT2D eigenvalue weighted by Gasteiger charge is -2.27. The fraction of sp³-hybridized carbons (Fsp3) is 1.00. The van der Waals surface area contributed by atoms with Gasteiger partial charge in [-0.3, -0.25) is 10.1 Å². The molecular weight excluding hydrogens is 178 g/mol. The van der Waals surface area contributed by atoms with E-state index in [2.05, 4.69) is 0 Å². The van der Waals surface area contributed by atoms with Gasteiger partial charge >= 0.3 is 0 Å². The number of hydrogen-bond acceptors (Lipinski definition) is 5. The quantitative estimate of drug-likeness (QED) is 0.492. The monoisotopic (exact) mass is 191 g/mol. The molecule has 0 unspecified atom stereocenters. The summed E-state index contributed by atoms with van der Waals surface area (Å²) in [5.74, 6) is 0. The van der Waals surface area contributed by atoms with E-state index in [-0.39, 0.29) is 24.1 Å². The minimum Gasteiger partial charge on any atom is -0.382 e. The summed E-state index contributed by atoms with van der Waals surface area (Å²) in [5, 5.41) is 19.6. The maximum absolute atomic E-state index is 10.4. The number of rotatable bonds is 3. The van der Waals surface area contributed by atoms with Gasteiger partial charge < -0.3 is 14.6 Å². The molecule has 1 fully saturated rings. The SMILES string of the molecule is COC[C@@H]1C[C@H]([N+](=O)[O-])C[C@H](O)O1. The molecule has 1 aliphatic rings. The van der Waals surface area contributed by atoms with Crippen molar-refractivity contribution in [3.8, 4) is 0 Å². The van der Waals surface area contributed by atoms with Gasteiger partial charge in [0, 0.05) is 18.5 Å². The summed E-state index contributed by atoms with van der Waals surface area (Å²) in [4.78, 5) is 10.1. The van der Waals surface area contributed by atoms with Crippen LogP contribution in [0.2, 0.25) is 0 Å². The van der Waals surface area contributed by atoms with Gasteiger partial charge in [0.15, 0.2) is 6.29 Å². The van der Waals surface area contributed by atoms with Crippen LogP contribution in [0.1, 0.15) is 12.8 Å². The molecule has 0 radical (unpaired) electrons. The Morgan fingerprint density at radius 3 is 2.92 bits per heavy atom. The van der Waals surface area contributed by atoms with Gasteiger partial charge in [0.05, 0.1) is 19.1 Å². The molecule has 1 N–H and O–H groups in total. The smallest absolute Gasteiger partial charge is 0.220 e. The molecule has 0 bridgehead atoms. The Morgan fingerprint density at radius 1 is 1.69 bits per heavy atom. The summed E-state index contributed by atoms with van der Waals surface area (Å²) in [7, 11) is 1.49. The highest BCUT2D eigenvalue weighted by Gasteiger charge is 2.35. The third kappa shape index (κ3) is 2.91. The zero-order valence-electron chi connectivity index (χ0n) is 7.38. The van der Waals surface area contributed by atoms with Crippen molar-refractivity contribution in [1.82, 2.24) is 0 Å². The molecule has 0 aromatic carbocycles. The van der Waals surface area contributed by atoms with Crippen molar-refractivity contribution in [1.29, 1.82) is 0 Å². The number of hydrogen-bond donors (Lipinski definition) is 1. The fourth-order valence-corrected chi connectivity index (χ4v) is 1.43. The number of nitrogens with zero attached hydrogens (tertiary/aromatic N) is 1. The predicted molar refractivity (Wildman–Crippen MR) is 42.8 cm³/mol. The van der Waals surface area contributed by atoms with E-state index in [4.69, 9.17) is 14.6 Å². The van der Waals surface area contributed by atoms with E-state index in [1.54, 1.807) is 0 Å². The van der Waals surface area contributed by atoms with E-state index < -0.39 is 12.3 Å². The second-order valence-electron chi connectivity index (χ2n) is 3.08. The summed E-state index contributed by atoms with van der Waals surface area (Å²) in [6.07, 6.45) is -1.04. The Labute approximate surface area is 75.6 Å². The first-order chi connectivity index (χ1) is 6.13. The minimum absolute atomic E-state index is 0.0627. The van der Waals surface area contributed by atoms with E-state index in [9.17, 15) is 10.1 Å². The zero-order valence-corrected chi connectivity index (χ0v) is 7.38. The van der Waals surface area contributed by atoms with Crippen LogP contribution in [-0.2, 0) is 9.47 Å². The molecule has 76 valence electrons. The summed E-state index contributed by atoms with van der Waals surface area (Å²) in [6, 6.07) is -0.719. The Hall–Kier alpha value is -0.720. The van der Waals surface area contributed by atoms with Crippen molar-refractivity contribution < 1.29 is 19.5 Å². The van der Waals surface area contributed by atoms with Crippen molar-refractivity contribution in [2.24, 2.45) is 0 Å². The Morgan fingerprint density at radius 2 is 2.38 bits per heavy atom. The normalized spacial score (nSPS) is 34.5. The molecule has 3 atom stereocenters. The van der Waals surface area contributed by atoms with Crippen LogP contribution in [0.5, 0.6) is 0 Å². The van der Waals surface area contributed by atoms with Gasteiger partial charge in [0.25, 0.3) is 0 Å². The molecule has 0 saturated carbocycles. The molecule has 0 aromatic heterocycles. The lowest BCUT2D eigenvalue weighted by molar-refractivity contribution is -0.536. The van der Waals surface area contributed by atoms with Crippen LogP contribution in [0.25, 0.3) is 0 Å². The minimum atomic E-state index is -1.04. The molecule has 0 spiro atoms. The summed E-state index contributed by atoms with van der Waals surface area (Å²) in [6.45, 7) is 0.279. The first-order valence-electron chi connectivity index (χ1n) is 4.09. The van der Waals surface area contributed by atoms with Gasteiger partial charge in [0.1, 0.15) is 0 Å². The van der Waals surface area contributed by atoms with Crippen LogP contribution < -0.4 is 0 Å². The van der Waals surface area contributed by atoms with Crippen LogP contribution >= 0.6 is 0 Å². The Kier molecular flexibility index (Phi) is 3.58. The maximum atomic E-state index is 10.4. The number of aliphatic hydroxyl groups is 1. The lowest BCUT2D eigenvalue weighted by Crippen LogP contribution is -2.41. The second kappa shape index (κ2) is 4.50. The zero-order chi connectivity index (χ0) is 9.84. The molecule has 0 amide bonds. The van der Waals surface area contributed by atoms with Gasteiger partial charge in [-0.05, 0) is 0 Å². The maximum Gasteiger partial charge on any atom is 0.220 e. The molecule has 6 nitrogen and oxygen atoms in total. The highest BCUT2D eigenvalue weighted by molar-refractivity contribution is 4.72. The molecule has 1 rings (SSSR count). The van der Waals surface area contributed by atoms with Crippen LogP contribution in [0.15, 0.2) is 0 Å². The van der Waals surface area contributed by atoms with Crippen LogP contribution in [0, 0.1) is 10.1 Å². The van der Waals surface area contributed by atoms with Crippen molar-refractivity contribution in [2.75, 3.05) is 13.7 Å². The molecular formula is C7H13NO5. The fourth-order valence-electron chi connectivity index (χ4n) is 1.43. The van der Waals surface area contributed by atoms with Crippen LogP contribution in [-0.4, -0.2) is 42.2 Å². The molecule has 1 saturated heterocycles. The summed E-state index contributed by atoms with van der Waals surface area (Å²) < 4.78 is 9.83. The number of aliphatic hydroxyl groups excluding tert-OH is 1. The van der Waals surface area contributed by atoms with Gasteiger partial charge in [0.2, 0.25) is 6.04 Å². The van der Waals surface area contributed by atoms with Gasteiger partial charge in [-0.1, -0.05) is 0 Å². The first-order valence-corrected chi connectivity index (χ1v) is 4.09. The summed E-state index contributed by atoms with van der Waals surface area (Å²) in [5.41, 5.74) is 0. The van der Waals surface area contributed by atoms with Gasteiger partial charge in [-0.25, -0.2) is 0 Å². The predicted octanol–water partition coefficient (Wildman–Crippen LogP) is -0.224. The largest absolute Gasteiger partial charge is 0.382 e. The van der Waals surface area contributed by atoms with Crippen LogP contribution in [0.4, 0.5) is 0 Å². The molecule has 6 heteroatoms. The highest BCUT2D eigenvalue weighted by Crippen LogP contribution is 2.20. The van der Waals surface area contributed by atoms with Crippen molar-refractivity contribution in [2.45, 2.75) is 31.3 Å². The standard InChI is InChI=1S/C7H13NO5/c1-12-4-6-2-5(8(10)11)3-7(9)13-6/h5-7,9H,2-4H2,1H3/t5-,6-,7+/m0/s1. The highest BCUT2D eigenvalue weighted by atomic mass is 16.6. The van der Waals surface area contributed by atoms with Gasteiger partial charge in [-0.15, -0.1) is 0 Å². The number of ether oxygens (including phenoxy) is 2. The molecule has 0 aliphatic carbocycles. The summed E-state index contributed by atoms with van der Waals surface area (Å²) >= 11 is 0. The van der Waals surface area contributed by atoms with Crippen molar-refractivity contribution >= 4 is 0 Å². The lowest BCUT2D eigenvalue weighted by atomic mass is 10.0. The number of methoxy groups -OCH3 is 1. The van der Waals surface area contributed by atoms with Crippen molar-refractivity contribution in [3.05, 3.63) is 10.1 Å². The number of nitro groups is 1. The van der Waals surface area contributed by atoms with E-state index >= 15 is 0 Å². The van der Waals surface area contributed by atoms with Crippen molar-refractivity contribution in [3.63, 3.8) is 0 Å². The molecule has 0 aromatic rings. The second-order valence-corrected chi connectivity index (χ2v) is 3.08. The van der Waals surface area contributed by atoms with E-state index in [1.807, 2.05) is 0 Å². The third-order valence-corrected chi connectivity index (χ3v) is 2.01. The third-order valence-electron chi connectivity index (χ3n) is 2.01. The average Bonchev–Trinajstić information content (AvgIpc) is 2.03. The van der Waals surface area contributed by atoms with E-state index in [1.165, 1.54) is 7.11 Å². The van der Waals surface area contributed by atoms with E-state index in [0.717, 1.165) is 0 Å². The van der Waals surface area contributed by atoms with Gasteiger partial charge in [-0.2, -0.15) is 0 Å². The Balaban J connectivity index is 2.47. The first kappa shape index (κ1) is 10.4.